The number of hydrogen-bond donors (Lipinski definition) is 1. The molecule has 2 saturated heterocycles. The molecule has 0 aliphatic carbocycles. The third kappa shape index (κ3) is 4.02. The summed E-state index contributed by atoms with van der Waals surface area (Å²) in [4.78, 5) is 22.3. The van der Waals surface area contributed by atoms with Crippen molar-refractivity contribution in [2.24, 2.45) is 7.05 Å². The number of pyridine rings is 1. The highest BCUT2D eigenvalue weighted by Crippen LogP contribution is 2.32. The number of anilines is 2. The number of hydrogen-bond acceptors (Lipinski definition) is 6. The summed E-state index contributed by atoms with van der Waals surface area (Å²) in [6.07, 6.45) is 6.45. The topological polar surface area (TPSA) is 79.9 Å². The Morgan fingerprint density at radius 3 is 2.83 bits per heavy atom. The molecule has 0 radical (unpaired) electrons. The van der Waals surface area contributed by atoms with Gasteiger partial charge in [0.25, 0.3) is 5.91 Å². The Balaban J connectivity index is 1.27. The number of morpholine rings is 1. The first-order valence-electron chi connectivity index (χ1n) is 12.0. The van der Waals surface area contributed by atoms with Gasteiger partial charge in [-0.1, -0.05) is 0 Å². The van der Waals surface area contributed by atoms with Gasteiger partial charge in [0.1, 0.15) is 5.52 Å². The van der Waals surface area contributed by atoms with Crippen LogP contribution in [0.2, 0.25) is 0 Å². The molecule has 1 amide bonds. The molecular formula is C25H28FN7O2. The van der Waals surface area contributed by atoms with Crippen molar-refractivity contribution in [3.8, 4) is 0 Å². The summed E-state index contributed by atoms with van der Waals surface area (Å²) in [5, 5.41) is 8.37. The van der Waals surface area contributed by atoms with E-state index in [9.17, 15) is 9.18 Å². The molecule has 2 fully saturated rings. The number of carbonyl (C=O) groups is 1. The SMILES string of the molecule is Cc1cn2cc(NC(=O)c3ccc(N4CC[C@H](N5CCOCC5)C4)c4cn(C)nc34)cc(F)c2n1. The Labute approximate surface area is 202 Å². The van der Waals surface area contributed by atoms with Crippen molar-refractivity contribution in [2.75, 3.05) is 49.6 Å². The first kappa shape index (κ1) is 22.0. The zero-order chi connectivity index (χ0) is 24.1. The first-order chi connectivity index (χ1) is 17.0. The smallest absolute Gasteiger partial charge is 0.257 e. The number of carbonyl (C=O) groups excluding carboxylic acids is 1. The van der Waals surface area contributed by atoms with Gasteiger partial charge in [0, 0.05) is 75.0 Å². The van der Waals surface area contributed by atoms with Crippen molar-refractivity contribution >= 4 is 33.8 Å². The van der Waals surface area contributed by atoms with Crippen LogP contribution in [-0.4, -0.2) is 75.4 Å². The Morgan fingerprint density at radius 2 is 2.00 bits per heavy atom. The molecule has 0 unspecified atom stereocenters. The van der Waals surface area contributed by atoms with E-state index in [4.69, 9.17) is 4.74 Å². The first-order valence-corrected chi connectivity index (χ1v) is 12.0. The largest absolute Gasteiger partial charge is 0.379 e. The van der Waals surface area contributed by atoms with E-state index in [1.54, 1.807) is 28.4 Å². The van der Waals surface area contributed by atoms with Gasteiger partial charge in [-0.25, -0.2) is 9.37 Å². The zero-order valence-corrected chi connectivity index (χ0v) is 19.9. The van der Waals surface area contributed by atoms with Crippen molar-refractivity contribution in [1.82, 2.24) is 24.1 Å². The molecule has 3 aromatic heterocycles. The van der Waals surface area contributed by atoms with Gasteiger partial charge >= 0.3 is 0 Å². The summed E-state index contributed by atoms with van der Waals surface area (Å²) in [7, 11) is 1.86. The predicted molar refractivity (Wildman–Crippen MR) is 132 cm³/mol. The highest BCUT2D eigenvalue weighted by atomic mass is 19.1. The van der Waals surface area contributed by atoms with E-state index in [0.29, 0.717) is 28.5 Å². The summed E-state index contributed by atoms with van der Waals surface area (Å²) in [5.74, 6) is -0.818. The maximum absolute atomic E-state index is 14.5. The molecule has 0 saturated carbocycles. The average Bonchev–Trinajstić information content (AvgIpc) is 3.56. The van der Waals surface area contributed by atoms with E-state index in [2.05, 4.69) is 25.2 Å². The van der Waals surface area contributed by atoms with E-state index < -0.39 is 5.82 Å². The highest BCUT2D eigenvalue weighted by Gasteiger charge is 2.30. The minimum Gasteiger partial charge on any atom is -0.379 e. The van der Waals surface area contributed by atoms with Gasteiger partial charge in [0.2, 0.25) is 0 Å². The Kier molecular flexibility index (Phi) is 5.42. The lowest BCUT2D eigenvalue weighted by Gasteiger charge is -2.32. The van der Waals surface area contributed by atoms with Crippen LogP contribution < -0.4 is 10.2 Å². The fraction of sp³-hybridized carbons (Fsp3) is 0.400. The summed E-state index contributed by atoms with van der Waals surface area (Å²) < 4.78 is 23.3. The van der Waals surface area contributed by atoms with Crippen LogP contribution >= 0.6 is 0 Å². The van der Waals surface area contributed by atoms with Crippen LogP contribution in [0, 0.1) is 12.7 Å². The molecule has 6 rings (SSSR count). The molecule has 5 heterocycles. The molecule has 1 N–H and O–H groups in total. The van der Waals surface area contributed by atoms with Gasteiger partial charge in [0.15, 0.2) is 11.5 Å². The molecule has 2 aliphatic rings. The van der Waals surface area contributed by atoms with E-state index in [1.807, 2.05) is 25.4 Å². The molecule has 2 aliphatic heterocycles. The van der Waals surface area contributed by atoms with E-state index >= 15 is 0 Å². The monoisotopic (exact) mass is 477 g/mol. The standard InChI is InChI=1S/C25H28FN7O2/c1-16-12-33-13-17(11-21(26)24(33)27-16)28-25(34)19-3-4-22(20-15-30(2)29-23(19)20)32-6-5-18(14-32)31-7-9-35-10-8-31/h3-4,11-13,15,18H,5-10,14H2,1-2H3,(H,28,34)/t18-/m0/s1. The Morgan fingerprint density at radius 1 is 1.17 bits per heavy atom. The lowest BCUT2D eigenvalue weighted by molar-refractivity contribution is 0.0209. The number of halogens is 1. The van der Waals surface area contributed by atoms with E-state index in [1.165, 1.54) is 6.07 Å². The zero-order valence-electron chi connectivity index (χ0n) is 19.9. The van der Waals surface area contributed by atoms with Crippen molar-refractivity contribution < 1.29 is 13.9 Å². The third-order valence-electron chi connectivity index (χ3n) is 6.96. The predicted octanol–water partition coefficient (Wildman–Crippen LogP) is 2.83. The number of benzene rings is 1. The molecule has 4 aromatic rings. The molecule has 10 heteroatoms. The van der Waals surface area contributed by atoms with Gasteiger partial charge in [-0.3, -0.25) is 14.4 Å². The van der Waals surface area contributed by atoms with Crippen LogP contribution in [-0.2, 0) is 11.8 Å². The van der Waals surface area contributed by atoms with Gasteiger partial charge in [-0.15, -0.1) is 0 Å². The number of nitrogens with one attached hydrogen (secondary N) is 1. The van der Waals surface area contributed by atoms with Gasteiger partial charge in [-0.2, -0.15) is 5.10 Å². The van der Waals surface area contributed by atoms with E-state index in [0.717, 1.165) is 56.9 Å². The second kappa shape index (κ2) is 8.62. The summed E-state index contributed by atoms with van der Waals surface area (Å²) in [5.41, 5.74) is 3.47. The number of rotatable bonds is 4. The minimum absolute atomic E-state index is 0.234. The summed E-state index contributed by atoms with van der Waals surface area (Å²) >= 11 is 0. The third-order valence-corrected chi connectivity index (χ3v) is 6.96. The maximum Gasteiger partial charge on any atom is 0.257 e. The molecule has 35 heavy (non-hydrogen) atoms. The van der Waals surface area contributed by atoms with Crippen molar-refractivity contribution in [3.63, 3.8) is 0 Å². The van der Waals surface area contributed by atoms with Crippen LogP contribution in [0.4, 0.5) is 15.8 Å². The second-order valence-corrected chi connectivity index (χ2v) is 9.38. The lowest BCUT2D eigenvalue weighted by atomic mass is 10.1. The fourth-order valence-corrected chi connectivity index (χ4v) is 5.31. The molecule has 0 bridgehead atoms. The van der Waals surface area contributed by atoms with Gasteiger partial charge in [-0.05, 0) is 25.5 Å². The molecule has 182 valence electrons. The van der Waals surface area contributed by atoms with Crippen LogP contribution in [0.25, 0.3) is 16.6 Å². The van der Waals surface area contributed by atoms with Crippen LogP contribution in [0.15, 0.2) is 36.8 Å². The molecule has 1 aromatic carbocycles. The fourth-order valence-electron chi connectivity index (χ4n) is 5.31. The van der Waals surface area contributed by atoms with Crippen LogP contribution in [0.5, 0.6) is 0 Å². The number of nitrogens with zero attached hydrogens (tertiary/aromatic N) is 6. The number of fused-ring (bicyclic) bond motifs is 2. The number of ether oxygens (including phenoxy) is 1. The second-order valence-electron chi connectivity index (χ2n) is 9.38. The van der Waals surface area contributed by atoms with Crippen LogP contribution in [0.1, 0.15) is 22.5 Å². The van der Waals surface area contributed by atoms with Crippen molar-refractivity contribution in [1.29, 1.82) is 0 Å². The van der Waals surface area contributed by atoms with Crippen LogP contribution in [0.3, 0.4) is 0 Å². The van der Waals surface area contributed by atoms with E-state index in [-0.39, 0.29) is 11.6 Å². The van der Waals surface area contributed by atoms with Crippen molar-refractivity contribution in [3.05, 3.63) is 53.9 Å². The molecule has 0 spiro atoms. The molecule has 9 nitrogen and oxygen atoms in total. The average molecular weight is 478 g/mol. The number of imidazole rings is 1. The van der Waals surface area contributed by atoms with Crippen molar-refractivity contribution in [2.45, 2.75) is 19.4 Å². The number of amides is 1. The van der Waals surface area contributed by atoms with Gasteiger partial charge < -0.3 is 19.4 Å². The Hall–Kier alpha value is -3.50. The summed E-state index contributed by atoms with van der Waals surface area (Å²) in [6, 6.07) is 5.62. The van der Waals surface area contributed by atoms with Gasteiger partial charge in [0.05, 0.1) is 30.2 Å². The lowest BCUT2D eigenvalue weighted by Crippen LogP contribution is -2.44. The normalized spacial score (nSPS) is 19.2. The summed E-state index contributed by atoms with van der Waals surface area (Å²) in [6.45, 7) is 7.25. The quantitative estimate of drug-likeness (QED) is 0.487. The molecular weight excluding hydrogens is 449 g/mol. The minimum atomic E-state index is -0.488. The number of aromatic nitrogens is 4. The number of aryl methyl sites for hydroxylation is 2. The molecule has 1 atom stereocenters. The Bertz CT molecular complexity index is 1420. The maximum atomic E-state index is 14.5. The highest BCUT2D eigenvalue weighted by molar-refractivity contribution is 6.13.